The number of piperidine rings is 1. The molecule has 1 amide bonds. The van der Waals surface area contributed by atoms with Gasteiger partial charge in [-0.15, -0.1) is 0 Å². The van der Waals surface area contributed by atoms with Gasteiger partial charge in [0.15, 0.2) is 0 Å². The van der Waals surface area contributed by atoms with E-state index in [1.54, 1.807) is 6.20 Å². The first kappa shape index (κ1) is 30.1. The summed E-state index contributed by atoms with van der Waals surface area (Å²) in [7, 11) is 4.34. The van der Waals surface area contributed by atoms with Gasteiger partial charge in [-0.05, 0) is 100 Å². The Labute approximate surface area is 274 Å². The molecule has 1 aliphatic heterocycles. The van der Waals surface area contributed by atoms with Crippen LogP contribution in [0.3, 0.4) is 0 Å². The molecule has 0 aliphatic carbocycles. The van der Waals surface area contributed by atoms with Crippen LogP contribution >= 0.6 is 0 Å². The molecule has 1 saturated heterocycles. The highest BCUT2D eigenvalue weighted by atomic mass is 16.1. The van der Waals surface area contributed by atoms with Crippen molar-refractivity contribution in [2.45, 2.75) is 25.8 Å². The number of carbonyl (C=O) groups excluding carboxylic acids is 1. The molecule has 3 aromatic carbocycles. The van der Waals surface area contributed by atoms with Gasteiger partial charge < -0.3 is 20.4 Å². The van der Waals surface area contributed by atoms with Crippen LogP contribution < -0.4 is 15.5 Å². The van der Waals surface area contributed by atoms with E-state index in [1.165, 1.54) is 18.5 Å². The van der Waals surface area contributed by atoms with Crippen LogP contribution in [0.5, 0.6) is 0 Å². The van der Waals surface area contributed by atoms with Crippen molar-refractivity contribution in [1.29, 1.82) is 0 Å². The van der Waals surface area contributed by atoms with Gasteiger partial charge in [0.25, 0.3) is 5.91 Å². The molecule has 0 radical (unpaired) electrons. The van der Waals surface area contributed by atoms with Gasteiger partial charge in [0.1, 0.15) is 5.65 Å². The van der Waals surface area contributed by atoms with Gasteiger partial charge in [-0.25, -0.2) is 15.0 Å². The highest BCUT2D eigenvalue weighted by Gasteiger charge is 2.21. The summed E-state index contributed by atoms with van der Waals surface area (Å²) >= 11 is 0. The lowest BCUT2D eigenvalue weighted by atomic mass is 10.0. The van der Waals surface area contributed by atoms with Crippen LogP contribution in [-0.4, -0.2) is 63.4 Å². The van der Waals surface area contributed by atoms with Gasteiger partial charge in [0.05, 0.1) is 17.1 Å². The van der Waals surface area contributed by atoms with Crippen LogP contribution in [0, 0.1) is 6.92 Å². The smallest absolute Gasteiger partial charge is 0.255 e. The fourth-order valence-electron chi connectivity index (χ4n) is 6.29. The van der Waals surface area contributed by atoms with Crippen molar-refractivity contribution < 1.29 is 4.79 Å². The van der Waals surface area contributed by atoms with E-state index >= 15 is 0 Å². The SMILES string of the molecule is Cc1ccccc1C(=O)Nc1cccc(-c2nc3ccccn3c2-c2ccnc(Nc3ccc(N4CCC(N(C)C)CC4)cc3)n2)c1. The van der Waals surface area contributed by atoms with Crippen LogP contribution in [0.1, 0.15) is 28.8 Å². The van der Waals surface area contributed by atoms with E-state index in [4.69, 9.17) is 9.97 Å². The molecule has 9 heteroatoms. The zero-order valence-electron chi connectivity index (χ0n) is 26.9. The normalized spacial score (nSPS) is 13.7. The number of pyridine rings is 1. The van der Waals surface area contributed by atoms with Gasteiger partial charge in [-0.1, -0.05) is 36.4 Å². The van der Waals surface area contributed by atoms with E-state index in [2.05, 4.69) is 63.8 Å². The molecule has 3 aromatic heterocycles. The van der Waals surface area contributed by atoms with Crippen LogP contribution in [0.4, 0.5) is 23.0 Å². The number of nitrogens with one attached hydrogen (secondary N) is 2. The van der Waals surface area contributed by atoms with E-state index in [0.29, 0.717) is 23.2 Å². The Morgan fingerprint density at radius 3 is 2.43 bits per heavy atom. The van der Waals surface area contributed by atoms with Gasteiger partial charge in [0.2, 0.25) is 5.95 Å². The summed E-state index contributed by atoms with van der Waals surface area (Å²) in [6.45, 7) is 4.05. The average molecular weight is 623 g/mol. The van der Waals surface area contributed by atoms with E-state index in [-0.39, 0.29) is 5.91 Å². The van der Waals surface area contributed by atoms with Crippen molar-refractivity contribution in [2.75, 3.05) is 42.7 Å². The van der Waals surface area contributed by atoms with E-state index in [1.807, 2.05) is 90.3 Å². The van der Waals surface area contributed by atoms with Crippen molar-refractivity contribution in [3.63, 3.8) is 0 Å². The number of rotatable bonds is 8. The summed E-state index contributed by atoms with van der Waals surface area (Å²) < 4.78 is 2.04. The molecule has 4 heterocycles. The summed E-state index contributed by atoms with van der Waals surface area (Å²) in [5.41, 5.74) is 8.40. The fourth-order valence-corrected chi connectivity index (χ4v) is 6.29. The third-order valence-electron chi connectivity index (χ3n) is 8.90. The van der Waals surface area contributed by atoms with Crippen molar-refractivity contribution >= 4 is 34.6 Å². The third kappa shape index (κ3) is 6.43. The number of imidazole rings is 1. The largest absolute Gasteiger partial charge is 0.371 e. The second-order valence-electron chi connectivity index (χ2n) is 12.2. The van der Waals surface area contributed by atoms with E-state index < -0.39 is 0 Å². The second kappa shape index (κ2) is 13.1. The molecule has 0 atom stereocenters. The first-order valence-electron chi connectivity index (χ1n) is 16.0. The average Bonchev–Trinajstić information content (AvgIpc) is 3.49. The molecule has 0 spiro atoms. The van der Waals surface area contributed by atoms with E-state index in [9.17, 15) is 4.79 Å². The predicted molar refractivity (Wildman–Crippen MR) is 189 cm³/mol. The maximum absolute atomic E-state index is 13.1. The van der Waals surface area contributed by atoms with Crippen molar-refractivity contribution in [3.05, 3.63) is 121 Å². The molecule has 0 unspecified atom stereocenters. The lowest BCUT2D eigenvalue weighted by molar-refractivity contribution is 0.102. The van der Waals surface area contributed by atoms with Crippen LogP contribution in [0.2, 0.25) is 0 Å². The summed E-state index contributed by atoms with van der Waals surface area (Å²) in [4.78, 5) is 32.3. The standard InChI is InChI=1S/C38H38N8O/c1-26-9-4-5-12-32(26)37(47)40-29-11-8-10-27(25-29)35-36(46-22-7-6-13-34(46)43-35)33-18-21-39-38(42-33)41-28-14-16-31(17-15-28)45-23-19-30(20-24-45)44(2)3/h4-18,21-22,25,30H,19-20,23-24H2,1-3H3,(H,40,47)(H,39,41,42). The Balaban J connectivity index is 1.15. The molecule has 1 fully saturated rings. The number of amides is 1. The second-order valence-corrected chi connectivity index (χ2v) is 12.2. The number of benzene rings is 3. The number of aryl methyl sites for hydroxylation is 1. The Kier molecular flexibility index (Phi) is 8.37. The number of carbonyl (C=O) groups is 1. The minimum atomic E-state index is -0.149. The fraction of sp³-hybridized carbons (Fsp3) is 0.211. The number of hydrogen-bond acceptors (Lipinski definition) is 7. The molecule has 7 rings (SSSR count). The van der Waals surface area contributed by atoms with Crippen molar-refractivity contribution in [3.8, 4) is 22.6 Å². The summed E-state index contributed by atoms with van der Waals surface area (Å²) in [6.07, 6.45) is 6.09. The number of nitrogens with zero attached hydrogens (tertiary/aromatic N) is 6. The Hall–Kier alpha value is -5.54. The molecule has 9 nitrogen and oxygen atoms in total. The number of hydrogen-bond donors (Lipinski definition) is 2. The zero-order chi connectivity index (χ0) is 32.3. The molecular formula is C38H38N8O. The number of aromatic nitrogens is 4. The van der Waals surface area contributed by atoms with Gasteiger partial charge >= 0.3 is 0 Å². The Morgan fingerprint density at radius 1 is 0.851 bits per heavy atom. The van der Waals surface area contributed by atoms with Gasteiger partial charge in [-0.3, -0.25) is 9.20 Å². The maximum Gasteiger partial charge on any atom is 0.255 e. The summed E-state index contributed by atoms with van der Waals surface area (Å²) in [6, 6.07) is 32.3. The van der Waals surface area contributed by atoms with Gasteiger partial charge in [0, 0.05) is 59.7 Å². The molecule has 0 bridgehead atoms. The molecule has 47 heavy (non-hydrogen) atoms. The zero-order valence-corrected chi connectivity index (χ0v) is 26.9. The lowest BCUT2D eigenvalue weighted by Crippen LogP contribution is -2.41. The topological polar surface area (TPSA) is 90.7 Å². The Morgan fingerprint density at radius 2 is 1.64 bits per heavy atom. The van der Waals surface area contributed by atoms with Crippen LogP contribution in [-0.2, 0) is 0 Å². The van der Waals surface area contributed by atoms with Crippen LogP contribution in [0.25, 0.3) is 28.3 Å². The summed E-state index contributed by atoms with van der Waals surface area (Å²) in [5, 5.41) is 6.45. The van der Waals surface area contributed by atoms with E-state index in [0.717, 1.165) is 52.6 Å². The third-order valence-corrected chi connectivity index (χ3v) is 8.90. The molecule has 2 N–H and O–H groups in total. The molecule has 236 valence electrons. The monoisotopic (exact) mass is 622 g/mol. The number of fused-ring (bicyclic) bond motifs is 1. The minimum Gasteiger partial charge on any atom is -0.371 e. The maximum atomic E-state index is 13.1. The lowest BCUT2D eigenvalue weighted by Gasteiger charge is -2.36. The predicted octanol–water partition coefficient (Wildman–Crippen LogP) is 7.29. The molecule has 1 aliphatic rings. The van der Waals surface area contributed by atoms with Crippen LogP contribution in [0.15, 0.2) is 109 Å². The summed E-state index contributed by atoms with van der Waals surface area (Å²) in [5.74, 6) is 0.349. The van der Waals surface area contributed by atoms with Crippen molar-refractivity contribution in [2.24, 2.45) is 0 Å². The Bertz CT molecular complexity index is 2030. The first-order valence-corrected chi connectivity index (χ1v) is 16.0. The minimum absolute atomic E-state index is 0.149. The molecule has 6 aromatic rings. The molecule has 0 saturated carbocycles. The number of anilines is 4. The quantitative estimate of drug-likeness (QED) is 0.184. The van der Waals surface area contributed by atoms with Crippen molar-refractivity contribution in [1.82, 2.24) is 24.3 Å². The molecular weight excluding hydrogens is 584 g/mol. The first-order chi connectivity index (χ1) is 22.9. The van der Waals surface area contributed by atoms with Gasteiger partial charge in [-0.2, -0.15) is 0 Å². The highest BCUT2D eigenvalue weighted by molar-refractivity contribution is 6.05. The highest BCUT2D eigenvalue weighted by Crippen LogP contribution is 2.34.